The van der Waals surface area contributed by atoms with E-state index in [1.165, 1.54) is 0 Å². The molecule has 0 saturated carbocycles. The summed E-state index contributed by atoms with van der Waals surface area (Å²) in [6, 6.07) is 7.95. The van der Waals surface area contributed by atoms with Gasteiger partial charge in [0.05, 0.1) is 13.7 Å². The van der Waals surface area contributed by atoms with Crippen LogP contribution in [0.2, 0.25) is 18.1 Å². The van der Waals surface area contributed by atoms with Crippen LogP contribution in [0, 0.1) is 0 Å². The van der Waals surface area contributed by atoms with Gasteiger partial charge in [-0.2, -0.15) is 0 Å². The number of ether oxygens (including phenoxy) is 1. The molecule has 0 aromatic heterocycles. The molecule has 0 atom stereocenters. The van der Waals surface area contributed by atoms with E-state index in [1.807, 2.05) is 24.3 Å². The SMILES string of the molecule is C=C(CO[Si](C)(C)C(C)(C)C)c1ccc(OC)cc1. The average Bonchev–Trinajstić information content (AvgIpc) is 2.35. The van der Waals surface area contributed by atoms with E-state index in [1.54, 1.807) is 7.11 Å². The van der Waals surface area contributed by atoms with Crippen molar-refractivity contribution in [3.05, 3.63) is 36.4 Å². The van der Waals surface area contributed by atoms with Crippen molar-refractivity contribution in [2.75, 3.05) is 13.7 Å². The first-order valence-corrected chi connectivity index (χ1v) is 9.54. The van der Waals surface area contributed by atoms with Crippen LogP contribution in [0.3, 0.4) is 0 Å². The van der Waals surface area contributed by atoms with Crippen molar-refractivity contribution in [2.24, 2.45) is 0 Å². The highest BCUT2D eigenvalue weighted by Gasteiger charge is 2.37. The molecule has 0 aliphatic heterocycles. The number of methoxy groups -OCH3 is 1. The quantitative estimate of drug-likeness (QED) is 0.725. The lowest BCUT2D eigenvalue weighted by atomic mass is 10.1. The first kappa shape index (κ1) is 16.0. The second-order valence-corrected chi connectivity index (χ2v) is 11.2. The zero-order valence-electron chi connectivity index (χ0n) is 13.0. The van der Waals surface area contributed by atoms with Gasteiger partial charge in [0.25, 0.3) is 0 Å². The van der Waals surface area contributed by atoms with E-state index in [4.69, 9.17) is 9.16 Å². The molecule has 3 heteroatoms. The Kier molecular flexibility index (Phi) is 4.99. The minimum Gasteiger partial charge on any atom is -0.497 e. The van der Waals surface area contributed by atoms with Gasteiger partial charge < -0.3 is 9.16 Å². The monoisotopic (exact) mass is 278 g/mol. The molecule has 1 aromatic carbocycles. The summed E-state index contributed by atoms with van der Waals surface area (Å²) in [5.74, 6) is 0.863. The molecule has 0 fully saturated rings. The van der Waals surface area contributed by atoms with E-state index in [-0.39, 0.29) is 5.04 Å². The number of benzene rings is 1. The van der Waals surface area contributed by atoms with Crippen molar-refractivity contribution < 1.29 is 9.16 Å². The Bertz CT molecular complexity index is 427. The largest absolute Gasteiger partial charge is 0.497 e. The number of hydrogen-bond donors (Lipinski definition) is 0. The third-order valence-electron chi connectivity index (χ3n) is 3.91. The molecule has 0 amide bonds. The molecule has 1 rings (SSSR count). The Morgan fingerprint density at radius 3 is 2.11 bits per heavy atom. The number of hydrogen-bond acceptors (Lipinski definition) is 2. The summed E-state index contributed by atoms with van der Waals surface area (Å²) in [5.41, 5.74) is 2.13. The van der Waals surface area contributed by atoms with Crippen LogP contribution in [0.25, 0.3) is 5.57 Å². The third kappa shape index (κ3) is 4.22. The molecular formula is C16H26O2Si. The van der Waals surface area contributed by atoms with Gasteiger partial charge >= 0.3 is 0 Å². The predicted octanol–water partition coefficient (Wildman–Crippen LogP) is 4.73. The first-order chi connectivity index (χ1) is 8.67. The highest BCUT2D eigenvalue weighted by atomic mass is 28.4. The second-order valence-electron chi connectivity index (χ2n) is 6.38. The maximum absolute atomic E-state index is 6.17. The van der Waals surface area contributed by atoms with Crippen molar-refractivity contribution in [1.82, 2.24) is 0 Å². The van der Waals surface area contributed by atoms with Crippen molar-refractivity contribution in [2.45, 2.75) is 38.9 Å². The average molecular weight is 278 g/mol. The molecule has 0 radical (unpaired) electrons. The van der Waals surface area contributed by atoms with E-state index >= 15 is 0 Å². The predicted molar refractivity (Wildman–Crippen MR) is 85.2 cm³/mol. The van der Waals surface area contributed by atoms with Crippen molar-refractivity contribution >= 4 is 13.9 Å². The van der Waals surface area contributed by atoms with Crippen LogP contribution in [0.1, 0.15) is 26.3 Å². The normalized spacial score (nSPS) is 12.3. The fourth-order valence-corrected chi connectivity index (χ4v) is 2.36. The Labute approximate surface area is 118 Å². The van der Waals surface area contributed by atoms with Gasteiger partial charge in [-0.25, -0.2) is 0 Å². The minimum atomic E-state index is -1.70. The van der Waals surface area contributed by atoms with Gasteiger partial charge in [-0.1, -0.05) is 39.5 Å². The van der Waals surface area contributed by atoms with Crippen LogP contribution >= 0.6 is 0 Å². The fraction of sp³-hybridized carbons (Fsp3) is 0.500. The van der Waals surface area contributed by atoms with Crippen LogP contribution in [-0.4, -0.2) is 22.0 Å². The van der Waals surface area contributed by atoms with E-state index in [0.717, 1.165) is 16.9 Å². The van der Waals surface area contributed by atoms with E-state index in [2.05, 4.69) is 40.4 Å². The third-order valence-corrected chi connectivity index (χ3v) is 8.39. The lowest BCUT2D eigenvalue weighted by molar-refractivity contribution is 0.334. The van der Waals surface area contributed by atoms with Crippen LogP contribution in [0.15, 0.2) is 30.8 Å². The summed E-state index contributed by atoms with van der Waals surface area (Å²) in [4.78, 5) is 0. The van der Waals surface area contributed by atoms with Crippen LogP contribution < -0.4 is 4.74 Å². The molecule has 19 heavy (non-hydrogen) atoms. The molecule has 0 spiro atoms. The molecule has 0 aliphatic carbocycles. The van der Waals surface area contributed by atoms with Crippen molar-refractivity contribution in [3.63, 3.8) is 0 Å². The van der Waals surface area contributed by atoms with Crippen LogP contribution in [0.4, 0.5) is 0 Å². The summed E-state index contributed by atoms with van der Waals surface area (Å²) < 4.78 is 11.3. The molecule has 2 nitrogen and oxygen atoms in total. The summed E-state index contributed by atoms with van der Waals surface area (Å²) in [5, 5.41) is 0.229. The molecule has 1 aromatic rings. The van der Waals surface area contributed by atoms with Gasteiger partial charge in [-0.3, -0.25) is 0 Å². The molecule has 106 valence electrons. The van der Waals surface area contributed by atoms with Gasteiger partial charge in [0.1, 0.15) is 5.75 Å². The van der Waals surface area contributed by atoms with Gasteiger partial charge in [0.15, 0.2) is 8.32 Å². The van der Waals surface area contributed by atoms with Gasteiger partial charge in [-0.15, -0.1) is 0 Å². The molecule has 0 heterocycles. The Morgan fingerprint density at radius 1 is 1.16 bits per heavy atom. The van der Waals surface area contributed by atoms with E-state index < -0.39 is 8.32 Å². The lowest BCUT2D eigenvalue weighted by Gasteiger charge is -2.36. The molecule has 0 N–H and O–H groups in total. The smallest absolute Gasteiger partial charge is 0.192 e. The van der Waals surface area contributed by atoms with E-state index in [9.17, 15) is 0 Å². The second kappa shape index (κ2) is 5.93. The summed E-state index contributed by atoms with van der Waals surface area (Å²) in [7, 11) is -0.0329. The Balaban J connectivity index is 2.65. The zero-order valence-corrected chi connectivity index (χ0v) is 14.0. The van der Waals surface area contributed by atoms with Crippen molar-refractivity contribution in [1.29, 1.82) is 0 Å². The minimum absolute atomic E-state index is 0.229. The molecular weight excluding hydrogens is 252 g/mol. The zero-order chi connectivity index (χ0) is 14.7. The fourth-order valence-electron chi connectivity index (χ4n) is 1.39. The molecule has 0 bridgehead atoms. The topological polar surface area (TPSA) is 18.5 Å². The highest BCUT2D eigenvalue weighted by molar-refractivity contribution is 6.74. The Morgan fingerprint density at radius 2 is 1.68 bits per heavy atom. The first-order valence-electron chi connectivity index (χ1n) is 6.63. The van der Waals surface area contributed by atoms with E-state index in [0.29, 0.717) is 6.61 Å². The maximum atomic E-state index is 6.17. The Hall–Kier alpha value is -1.06. The van der Waals surface area contributed by atoms with Gasteiger partial charge in [0, 0.05) is 0 Å². The summed E-state index contributed by atoms with van der Waals surface area (Å²) >= 11 is 0. The summed E-state index contributed by atoms with van der Waals surface area (Å²) in [6.45, 7) is 16.0. The lowest BCUT2D eigenvalue weighted by Crippen LogP contribution is -2.41. The summed E-state index contributed by atoms with van der Waals surface area (Å²) in [6.07, 6.45) is 0. The van der Waals surface area contributed by atoms with Gasteiger partial charge in [0.2, 0.25) is 0 Å². The molecule has 0 saturated heterocycles. The van der Waals surface area contributed by atoms with Crippen LogP contribution in [0.5, 0.6) is 5.75 Å². The molecule has 0 unspecified atom stereocenters. The number of rotatable bonds is 5. The molecule has 0 aliphatic rings. The van der Waals surface area contributed by atoms with Gasteiger partial charge in [-0.05, 0) is 41.4 Å². The standard InChI is InChI=1S/C16H26O2Si/c1-13(12-18-19(6,7)16(2,3)4)14-8-10-15(17-5)11-9-14/h8-11H,1,12H2,2-7H3. The van der Waals surface area contributed by atoms with Crippen molar-refractivity contribution in [3.8, 4) is 5.75 Å². The maximum Gasteiger partial charge on any atom is 0.192 e. The van der Waals surface area contributed by atoms with Crippen LogP contribution in [-0.2, 0) is 4.43 Å². The highest BCUT2D eigenvalue weighted by Crippen LogP contribution is 2.37.